The number of piperidine rings is 1. The molecule has 0 aliphatic carbocycles. The number of anilines is 1. The van der Waals surface area contributed by atoms with Crippen molar-refractivity contribution in [1.29, 1.82) is 0 Å². The number of nitrogens with zero attached hydrogens (tertiary/aromatic N) is 3. The molecule has 1 aliphatic rings. The maximum atomic E-state index is 12.4. The number of amides is 1. The highest BCUT2D eigenvalue weighted by atomic mass is 16.2. The lowest BCUT2D eigenvalue weighted by Gasteiger charge is -2.31. The molecule has 0 bridgehead atoms. The zero-order chi connectivity index (χ0) is 14.0. The van der Waals surface area contributed by atoms with Gasteiger partial charge in [0.1, 0.15) is 5.56 Å². The fraction of sp³-hybridized carbons (Fsp3) is 0.692. The molecule has 106 valence electrons. The molecule has 6 heteroatoms. The van der Waals surface area contributed by atoms with Gasteiger partial charge < -0.3 is 15.5 Å². The average molecular weight is 265 g/mol. The molecule has 1 fully saturated rings. The van der Waals surface area contributed by atoms with Gasteiger partial charge in [0.05, 0.1) is 0 Å². The Labute approximate surface area is 113 Å². The van der Waals surface area contributed by atoms with E-state index in [4.69, 9.17) is 5.73 Å². The van der Waals surface area contributed by atoms with Crippen LogP contribution in [0.3, 0.4) is 0 Å². The predicted molar refractivity (Wildman–Crippen MR) is 74.9 cm³/mol. The van der Waals surface area contributed by atoms with Gasteiger partial charge in [-0.05, 0) is 45.8 Å². The van der Waals surface area contributed by atoms with Crippen molar-refractivity contribution in [3.05, 3.63) is 11.3 Å². The van der Waals surface area contributed by atoms with E-state index in [9.17, 15) is 4.79 Å². The van der Waals surface area contributed by atoms with Crippen LogP contribution in [0.25, 0.3) is 0 Å². The third kappa shape index (κ3) is 3.07. The van der Waals surface area contributed by atoms with Gasteiger partial charge in [0.25, 0.3) is 5.91 Å². The van der Waals surface area contributed by atoms with Crippen LogP contribution in [0.1, 0.15) is 28.9 Å². The number of H-pyrrole nitrogens is 1. The van der Waals surface area contributed by atoms with Crippen LogP contribution >= 0.6 is 0 Å². The molecule has 2 rings (SSSR count). The number of hydrogen-bond acceptors (Lipinski definition) is 4. The highest BCUT2D eigenvalue weighted by Crippen LogP contribution is 2.19. The number of carbonyl (C=O) groups is 1. The second kappa shape index (κ2) is 5.61. The molecular formula is C13H23N5O. The van der Waals surface area contributed by atoms with Gasteiger partial charge in [-0.15, -0.1) is 0 Å². The van der Waals surface area contributed by atoms with Gasteiger partial charge in [-0.1, -0.05) is 0 Å². The predicted octanol–water partition coefficient (Wildman–Crippen LogP) is 0.714. The van der Waals surface area contributed by atoms with Crippen molar-refractivity contribution in [2.45, 2.75) is 19.8 Å². The van der Waals surface area contributed by atoms with E-state index >= 15 is 0 Å². The summed E-state index contributed by atoms with van der Waals surface area (Å²) in [5.74, 6) is 0.832. The first kappa shape index (κ1) is 13.9. The molecule has 1 aromatic rings. The fourth-order valence-electron chi connectivity index (χ4n) is 2.62. The SMILES string of the molecule is Cc1[nH]nc(N)c1C(=O)N(C)CC1CCN(C)CC1. The Balaban J connectivity index is 1.96. The Kier molecular flexibility index (Phi) is 4.09. The first-order valence-electron chi connectivity index (χ1n) is 6.73. The topological polar surface area (TPSA) is 78.2 Å². The molecular weight excluding hydrogens is 242 g/mol. The van der Waals surface area contributed by atoms with Crippen LogP contribution in [0.15, 0.2) is 0 Å². The number of nitrogens with two attached hydrogens (primary N) is 1. The first-order valence-corrected chi connectivity index (χ1v) is 6.73. The largest absolute Gasteiger partial charge is 0.382 e. The van der Waals surface area contributed by atoms with Gasteiger partial charge in [0.15, 0.2) is 5.82 Å². The fourth-order valence-corrected chi connectivity index (χ4v) is 2.62. The van der Waals surface area contributed by atoms with Gasteiger partial charge in [-0.25, -0.2) is 0 Å². The van der Waals surface area contributed by atoms with Crippen molar-refractivity contribution >= 4 is 11.7 Å². The van der Waals surface area contributed by atoms with E-state index in [2.05, 4.69) is 22.1 Å². The number of carbonyl (C=O) groups excluding carboxylic acids is 1. The van der Waals surface area contributed by atoms with Crippen molar-refractivity contribution in [3.8, 4) is 0 Å². The molecule has 0 unspecified atom stereocenters. The molecule has 1 aromatic heterocycles. The van der Waals surface area contributed by atoms with Crippen molar-refractivity contribution in [2.24, 2.45) is 5.92 Å². The molecule has 0 saturated carbocycles. The van der Waals surface area contributed by atoms with E-state index in [1.807, 2.05) is 14.0 Å². The highest BCUT2D eigenvalue weighted by molar-refractivity contribution is 5.99. The molecule has 0 radical (unpaired) electrons. The summed E-state index contributed by atoms with van der Waals surface area (Å²) in [6.07, 6.45) is 2.29. The van der Waals surface area contributed by atoms with Crippen LogP contribution in [0.4, 0.5) is 5.82 Å². The van der Waals surface area contributed by atoms with E-state index in [0.717, 1.165) is 38.2 Å². The van der Waals surface area contributed by atoms with Crippen molar-refractivity contribution < 1.29 is 4.79 Å². The summed E-state index contributed by atoms with van der Waals surface area (Å²) in [6.45, 7) is 4.83. The van der Waals surface area contributed by atoms with Crippen molar-refractivity contribution in [1.82, 2.24) is 20.0 Å². The number of nitrogen functional groups attached to an aromatic ring is 1. The Bertz CT molecular complexity index is 428. The Morgan fingerprint density at radius 1 is 1.53 bits per heavy atom. The molecule has 1 aliphatic heterocycles. The maximum Gasteiger partial charge on any atom is 0.259 e. The lowest BCUT2D eigenvalue weighted by molar-refractivity contribution is 0.0747. The average Bonchev–Trinajstić information content (AvgIpc) is 2.71. The van der Waals surface area contributed by atoms with E-state index in [1.54, 1.807) is 4.90 Å². The van der Waals surface area contributed by atoms with Crippen molar-refractivity contribution in [2.75, 3.05) is 39.5 Å². The van der Waals surface area contributed by atoms with Gasteiger partial charge in [-0.2, -0.15) is 5.10 Å². The lowest BCUT2D eigenvalue weighted by Crippen LogP contribution is -2.38. The number of likely N-dealkylation sites (tertiary alicyclic amines) is 1. The molecule has 0 aromatic carbocycles. The number of aromatic nitrogens is 2. The molecule has 1 amide bonds. The molecule has 0 atom stereocenters. The maximum absolute atomic E-state index is 12.4. The minimum atomic E-state index is -0.0392. The minimum Gasteiger partial charge on any atom is -0.382 e. The van der Waals surface area contributed by atoms with Crippen LogP contribution in [-0.2, 0) is 0 Å². The zero-order valence-electron chi connectivity index (χ0n) is 11.9. The molecule has 19 heavy (non-hydrogen) atoms. The number of aromatic amines is 1. The molecule has 6 nitrogen and oxygen atoms in total. The molecule has 3 N–H and O–H groups in total. The summed E-state index contributed by atoms with van der Waals surface area (Å²) >= 11 is 0. The molecule has 1 saturated heterocycles. The second-order valence-electron chi connectivity index (χ2n) is 5.54. The third-order valence-electron chi connectivity index (χ3n) is 3.91. The molecule has 0 spiro atoms. The van der Waals surface area contributed by atoms with E-state index < -0.39 is 0 Å². The first-order chi connectivity index (χ1) is 8.99. The highest BCUT2D eigenvalue weighted by Gasteiger charge is 2.24. The Morgan fingerprint density at radius 3 is 2.68 bits per heavy atom. The van der Waals surface area contributed by atoms with Crippen LogP contribution in [0, 0.1) is 12.8 Å². The van der Waals surface area contributed by atoms with Gasteiger partial charge in [0, 0.05) is 19.3 Å². The standard InChI is InChI=1S/C13H23N5O/c1-9-11(12(14)16-15-9)13(19)18(3)8-10-4-6-17(2)7-5-10/h10H,4-8H2,1-3H3,(H3,14,15,16). The van der Waals surface area contributed by atoms with Gasteiger partial charge in [0.2, 0.25) is 0 Å². The minimum absolute atomic E-state index is 0.0392. The normalized spacial score (nSPS) is 17.6. The zero-order valence-corrected chi connectivity index (χ0v) is 11.9. The van der Waals surface area contributed by atoms with Crippen LogP contribution in [0.5, 0.6) is 0 Å². The van der Waals surface area contributed by atoms with Crippen LogP contribution in [-0.4, -0.2) is 59.6 Å². The summed E-state index contributed by atoms with van der Waals surface area (Å²) in [5.41, 5.74) is 6.98. The number of nitrogens with one attached hydrogen (secondary N) is 1. The van der Waals surface area contributed by atoms with E-state index in [1.165, 1.54) is 0 Å². The van der Waals surface area contributed by atoms with Gasteiger partial charge in [-0.3, -0.25) is 9.89 Å². The van der Waals surface area contributed by atoms with E-state index in [-0.39, 0.29) is 11.7 Å². The second-order valence-corrected chi connectivity index (χ2v) is 5.54. The summed E-state index contributed by atoms with van der Waals surface area (Å²) < 4.78 is 0. The summed E-state index contributed by atoms with van der Waals surface area (Å²) in [4.78, 5) is 16.5. The Morgan fingerprint density at radius 2 is 2.16 bits per heavy atom. The monoisotopic (exact) mass is 265 g/mol. The van der Waals surface area contributed by atoms with Crippen LogP contribution in [0.2, 0.25) is 0 Å². The molecule has 2 heterocycles. The smallest absolute Gasteiger partial charge is 0.259 e. The lowest BCUT2D eigenvalue weighted by atomic mass is 9.96. The summed E-state index contributed by atoms with van der Waals surface area (Å²) in [5, 5.41) is 6.63. The number of rotatable bonds is 3. The van der Waals surface area contributed by atoms with Gasteiger partial charge >= 0.3 is 0 Å². The number of hydrogen-bond donors (Lipinski definition) is 2. The van der Waals surface area contributed by atoms with Crippen LogP contribution < -0.4 is 5.73 Å². The van der Waals surface area contributed by atoms with Crippen molar-refractivity contribution in [3.63, 3.8) is 0 Å². The van der Waals surface area contributed by atoms with E-state index in [0.29, 0.717) is 11.5 Å². The quantitative estimate of drug-likeness (QED) is 0.844. The number of aryl methyl sites for hydroxylation is 1. The summed E-state index contributed by atoms with van der Waals surface area (Å²) in [7, 11) is 3.98. The summed E-state index contributed by atoms with van der Waals surface area (Å²) in [6, 6.07) is 0. The Hall–Kier alpha value is -1.56. The third-order valence-corrected chi connectivity index (χ3v) is 3.91.